The lowest BCUT2D eigenvalue weighted by Crippen LogP contribution is -2.33. The van der Waals surface area contributed by atoms with E-state index in [9.17, 15) is 8.42 Å². The van der Waals surface area contributed by atoms with Gasteiger partial charge in [-0.3, -0.25) is 4.68 Å². The molecule has 0 bridgehead atoms. The van der Waals surface area contributed by atoms with Gasteiger partial charge in [-0.2, -0.15) is 9.40 Å². The third-order valence-corrected chi connectivity index (χ3v) is 5.06. The predicted molar refractivity (Wildman–Crippen MR) is 73.1 cm³/mol. The Morgan fingerprint density at radius 2 is 2.26 bits per heavy atom. The molecule has 1 aliphatic rings. The first-order valence-electron chi connectivity index (χ1n) is 6.80. The van der Waals surface area contributed by atoms with E-state index < -0.39 is 10.0 Å². The van der Waals surface area contributed by atoms with Gasteiger partial charge in [-0.05, 0) is 25.2 Å². The van der Waals surface area contributed by atoms with Gasteiger partial charge in [0.2, 0.25) is 10.0 Å². The van der Waals surface area contributed by atoms with Crippen molar-refractivity contribution in [2.24, 2.45) is 11.7 Å². The van der Waals surface area contributed by atoms with E-state index >= 15 is 0 Å². The smallest absolute Gasteiger partial charge is 0.246 e. The van der Waals surface area contributed by atoms with E-state index in [1.54, 1.807) is 15.2 Å². The summed E-state index contributed by atoms with van der Waals surface area (Å²) in [4.78, 5) is 0.273. The van der Waals surface area contributed by atoms with Crippen LogP contribution in [0.25, 0.3) is 0 Å². The van der Waals surface area contributed by atoms with Crippen molar-refractivity contribution in [2.75, 3.05) is 19.6 Å². The average molecular weight is 286 g/mol. The van der Waals surface area contributed by atoms with Gasteiger partial charge >= 0.3 is 0 Å². The molecule has 108 valence electrons. The van der Waals surface area contributed by atoms with Crippen molar-refractivity contribution in [3.8, 4) is 0 Å². The second-order valence-electron chi connectivity index (χ2n) is 5.03. The molecule has 1 aromatic rings. The molecule has 1 aliphatic carbocycles. The molecule has 0 atom stereocenters. The topological polar surface area (TPSA) is 81.2 Å². The van der Waals surface area contributed by atoms with Crippen LogP contribution in [0.3, 0.4) is 0 Å². The summed E-state index contributed by atoms with van der Waals surface area (Å²) in [5.74, 6) is 0.542. The maximum absolute atomic E-state index is 12.5. The number of rotatable bonds is 8. The van der Waals surface area contributed by atoms with Gasteiger partial charge in [-0.15, -0.1) is 0 Å². The van der Waals surface area contributed by atoms with E-state index in [0.717, 1.165) is 19.3 Å². The quantitative estimate of drug-likeness (QED) is 0.761. The number of hydrogen-bond acceptors (Lipinski definition) is 4. The number of sulfonamides is 1. The highest BCUT2D eigenvalue weighted by Gasteiger charge is 2.31. The molecule has 1 aromatic heterocycles. The Hall–Kier alpha value is -0.920. The van der Waals surface area contributed by atoms with E-state index in [1.165, 1.54) is 6.20 Å². The highest BCUT2D eigenvalue weighted by molar-refractivity contribution is 7.89. The molecule has 0 aromatic carbocycles. The predicted octanol–water partition coefficient (Wildman–Crippen LogP) is 0.653. The normalized spacial score (nSPS) is 16.2. The molecule has 0 spiro atoms. The molecule has 0 unspecified atom stereocenters. The minimum absolute atomic E-state index is 0.273. The minimum atomic E-state index is -3.41. The molecule has 2 N–H and O–H groups in total. The van der Waals surface area contributed by atoms with Crippen LogP contribution in [0.5, 0.6) is 0 Å². The molecule has 1 fully saturated rings. The summed E-state index contributed by atoms with van der Waals surface area (Å²) in [6.07, 6.45) is 6.09. The molecule has 2 rings (SSSR count). The van der Waals surface area contributed by atoms with Gasteiger partial charge < -0.3 is 5.73 Å². The molecule has 1 heterocycles. The van der Waals surface area contributed by atoms with Crippen LogP contribution in [-0.4, -0.2) is 42.1 Å². The van der Waals surface area contributed by atoms with E-state index in [4.69, 9.17) is 5.73 Å². The van der Waals surface area contributed by atoms with Crippen LogP contribution in [0.4, 0.5) is 0 Å². The Balaban J connectivity index is 2.16. The summed E-state index contributed by atoms with van der Waals surface area (Å²) in [5, 5.41) is 4.04. The van der Waals surface area contributed by atoms with Crippen LogP contribution < -0.4 is 5.73 Å². The third kappa shape index (κ3) is 3.55. The van der Waals surface area contributed by atoms with Crippen LogP contribution in [0, 0.1) is 5.92 Å². The van der Waals surface area contributed by atoms with E-state index in [1.807, 2.05) is 6.92 Å². The lowest BCUT2D eigenvalue weighted by atomic mass is 10.4. The van der Waals surface area contributed by atoms with Crippen LogP contribution in [0.15, 0.2) is 17.3 Å². The number of aromatic nitrogens is 2. The Labute approximate surface area is 114 Å². The fraction of sp³-hybridized carbons (Fsp3) is 0.750. The van der Waals surface area contributed by atoms with Crippen molar-refractivity contribution in [2.45, 2.75) is 37.6 Å². The van der Waals surface area contributed by atoms with Crippen LogP contribution >= 0.6 is 0 Å². The van der Waals surface area contributed by atoms with Gasteiger partial charge in [0.1, 0.15) is 4.90 Å². The maximum Gasteiger partial charge on any atom is 0.246 e. The van der Waals surface area contributed by atoms with Crippen molar-refractivity contribution in [1.29, 1.82) is 0 Å². The van der Waals surface area contributed by atoms with Crippen LogP contribution in [0.1, 0.15) is 26.2 Å². The summed E-state index contributed by atoms with van der Waals surface area (Å²) in [5.41, 5.74) is 5.44. The van der Waals surface area contributed by atoms with Gasteiger partial charge in [-0.1, -0.05) is 6.92 Å². The van der Waals surface area contributed by atoms with Crippen molar-refractivity contribution in [1.82, 2.24) is 14.1 Å². The largest absolute Gasteiger partial charge is 0.329 e. The minimum Gasteiger partial charge on any atom is -0.329 e. The lowest BCUT2D eigenvalue weighted by Gasteiger charge is -2.20. The second-order valence-corrected chi connectivity index (χ2v) is 6.97. The summed E-state index contributed by atoms with van der Waals surface area (Å²) in [7, 11) is -3.41. The lowest BCUT2D eigenvalue weighted by molar-refractivity contribution is 0.395. The third-order valence-electron chi connectivity index (χ3n) is 3.24. The molecule has 0 saturated heterocycles. The van der Waals surface area contributed by atoms with Crippen molar-refractivity contribution in [3.63, 3.8) is 0 Å². The highest BCUT2D eigenvalue weighted by Crippen LogP contribution is 2.31. The van der Waals surface area contributed by atoms with Gasteiger partial charge in [0.15, 0.2) is 0 Å². The monoisotopic (exact) mass is 286 g/mol. The van der Waals surface area contributed by atoms with Crippen molar-refractivity contribution in [3.05, 3.63) is 12.4 Å². The Morgan fingerprint density at radius 3 is 2.84 bits per heavy atom. The van der Waals surface area contributed by atoms with Gasteiger partial charge in [0.05, 0.1) is 12.7 Å². The van der Waals surface area contributed by atoms with Crippen molar-refractivity contribution < 1.29 is 8.42 Å². The Bertz CT molecular complexity index is 508. The second kappa shape index (κ2) is 6.02. The first-order chi connectivity index (χ1) is 9.07. The zero-order valence-corrected chi connectivity index (χ0v) is 12.1. The molecule has 0 radical (unpaired) electrons. The zero-order chi connectivity index (χ0) is 13.9. The fourth-order valence-electron chi connectivity index (χ4n) is 2.03. The number of nitrogens with two attached hydrogens (primary N) is 1. The summed E-state index contributed by atoms with van der Waals surface area (Å²) in [6, 6.07) is 0. The molecule has 0 amide bonds. The average Bonchev–Trinajstić information content (AvgIpc) is 3.05. The van der Waals surface area contributed by atoms with Gasteiger partial charge in [0, 0.05) is 25.8 Å². The molecular weight excluding hydrogens is 264 g/mol. The van der Waals surface area contributed by atoms with Gasteiger partial charge in [0.25, 0.3) is 0 Å². The van der Waals surface area contributed by atoms with E-state index in [0.29, 0.717) is 32.1 Å². The van der Waals surface area contributed by atoms with E-state index in [-0.39, 0.29) is 4.90 Å². The molecule has 0 aliphatic heterocycles. The fourth-order valence-corrected chi connectivity index (χ4v) is 3.59. The molecule has 6 nitrogen and oxygen atoms in total. The first kappa shape index (κ1) is 14.5. The van der Waals surface area contributed by atoms with E-state index in [2.05, 4.69) is 5.10 Å². The summed E-state index contributed by atoms with van der Waals surface area (Å²) < 4.78 is 28.3. The standard InChI is InChI=1S/C12H22N4O2S/c1-2-6-16(9-11-3-4-11)19(17,18)12-8-14-15(10-12)7-5-13/h8,10-11H,2-7,9,13H2,1H3. The molecule has 1 saturated carbocycles. The summed E-state index contributed by atoms with van der Waals surface area (Å²) >= 11 is 0. The molecular formula is C12H22N4O2S. The SMILES string of the molecule is CCCN(CC1CC1)S(=O)(=O)c1cnn(CCN)c1. The van der Waals surface area contributed by atoms with Crippen LogP contribution in [-0.2, 0) is 16.6 Å². The highest BCUT2D eigenvalue weighted by atomic mass is 32.2. The summed E-state index contributed by atoms with van der Waals surface area (Å²) in [6.45, 7) is 4.18. The first-order valence-corrected chi connectivity index (χ1v) is 8.24. The zero-order valence-electron chi connectivity index (χ0n) is 11.3. The van der Waals surface area contributed by atoms with Crippen molar-refractivity contribution >= 4 is 10.0 Å². The number of hydrogen-bond donors (Lipinski definition) is 1. The Kier molecular flexibility index (Phi) is 4.59. The van der Waals surface area contributed by atoms with Gasteiger partial charge in [-0.25, -0.2) is 8.42 Å². The molecule has 19 heavy (non-hydrogen) atoms. The van der Waals surface area contributed by atoms with Crippen LogP contribution in [0.2, 0.25) is 0 Å². The number of nitrogens with zero attached hydrogens (tertiary/aromatic N) is 3. The maximum atomic E-state index is 12.5. The molecule has 7 heteroatoms. The Morgan fingerprint density at radius 1 is 1.53 bits per heavy atom.